The van der Waals surface area contributed by atoms with Crippen molar-refractivity contribution in [2.24, 2.45) is 0 Å². The van der Waals surface area contributed by atoms with E-state index in [9.17, 15) is 4.79 Å². The smallest absolute Gasteiger partial charge is 0.347 e. The maximum atomic E-state index is 11.2. The van der Waals surface area contributed by atoms with E-state index in [1.165, 1.54) is 22.8 Å². The van der Waals surface area contributed by atoms with Crippen LogP contribution in [-0.2, 0) is 6.42 Å². The fraction of sp³-hybridized carbons (Fsp3) is 0.267. The van der Waals surface area contributed by atoms with Crippen molar-refractivity contribution in [3.05, 3.63) is 57.1 Å². The zero-order valence-corrected chi connectivity index (χ0v) is 11.5. The normalized spacial score (nSPS) is 10.1. The summed E-state index contributed by atoms with van der Waals surface area (Å²) in [6.45, 7) is 4.83. The van der Waals surface area contributed by atoms with Crippen LogP contribution in [0.2, 0.25) is 0 Å². The maximum Gasteiger partial charge on any atom is 0.347 e. The highest BCUT2D eigenvalue weighted by molar-refractivity contribution is 5.39. The van der Waals surface area contributed by atoms with Crippen molar-refractivity contribution in [1.29, 1.82) is 5.26 Å². The molecule has 0 atom stereocenters. The average molecular weight is 268 g/mol. The van der Waals surface area contributed by atoms with E-state index in [0.717, 1.165) is 6.42 Å². The number of nitrogens with zero attached hydrogens (tertiary/aromatic N) is 2. The molecule has 0 radical (unpaired) electrons. The second kappa shape index (κ2) is 6.02. The minimum atomic E-state index is -0.516. The Labute approximate surface area is 117 Å². The number of nitriles is 1. The van der Waals surface area contributed by atoms with Gasteiger partial charge in [0.15, 0.2) is 0 Å². The molecule has 2 aromatic rings. The van der Waals surface area contributed by atoms with Crippen molar-refractivity contribution in [3.8, 4) is 6.07 Å². The van der Waals surface area contributed by atoms with Gasteiger partial charge < -0.3 is 5.32 Å². The van der Waals surface area contributed by atoms with E-state index in [-0.39, 0.29) is 5.69 Å². The Morgan fingerprint density at radius 3 is 2.80 bits per heavy atom. The van der Waals surface area contributed by atoms with Gasteiger partial charge in [0.05, 0.1) is 0 Å². The lowest BCUT2D eigenvalue weighted by molar-refractivity contribution is 0.978. The SMILES string of the molecule is Cc1ccc(CCNc2cc(C#N)[nH]c(=O)n2)cc1C. The van der Waals surface area contributed by atoms with Gasteiger partial charge >= 0.3 is 5.69 Å². The molecule has 0 unspecified atom stereocenters. The van der Waals surface area contributed by atoms with E-state index >= 15 is 0 Å². The third kappa shape index (κ3) is 3.45. The molecule has 0 aliphatic heterocycles. The molecule has 0 aliphatic carbocycles. The van der Waals surface area contributed by atoms with Gasteiger partial charge in [0.1, 0.15) is 17.6 Å². The number of aromatic amines is 1. The highest BCUT2D eigenvalue weighted by atomic mass is 16.1. The number of anilines is 1. The van der Waals surface area contributed by atoms with Gasteiger partial charge in [0.25, 0.3) is 0 Å². The summed E-state index contributed by atoms with van der Waals surface area (Å²) >= 11 is 0. The molecule has 1 aromatic heterocycles. The largest absolute Gasteiger partial charge is 0.369 e. The van der Waals surface area contributed by atoms with E-state index in [0.29, 0.717) is 12.4 Å². The third-order valence-corrected chi connectivity index (χ3v) is 3.16. The summed E-state index contributed by atoms with van der Waals surface area (Å²) in [6, 6.07) is 9.77. The van der Waals surface area contributed by atoms with Gasteiger partial charge in [-0.2, -0.15) is 10.2 Å². The zero-order valence-electron chi connectivity index (χ0n) is 11.5. The van der Waals surface area contributed by atoms with Crippen molar-refractivity contribution in [2.75, 3.05) is 11.9 Å². The van der Waals surface area contributed by atoms with Gasteiger partial charge in [-0.15, -0.1) is 0 Å². The Morgan fingerprint density at radius 2 is 2.10 bits per heavy atom. The molecule has 20 heavy (non-hydrogen) atoms. The topological polar surface area (TPSA) is 81.6 Å². The monoisotopic (exact) mass is 268 g/mol. The van der Waals surface area contributed by atoms with Crippen LogP contribution in [0.15, 0.2) is 29.1 Å². The van der Waals surface area contributed by atoms with Gasteiger partial charge in [-0.1, -0.05) is 18.2 Å². The first kappa shape index (κ1) is 13.8. The van der Waals surface area contributed by atoms with Crippen LogP contribution in [-0.4, -0.2) is 16.5 Å². The summed E-state index contributed by atoms with van der Waals surface area (Å²) in [5, 5.41) is 11.8. The Morgan fingerprint density at radius 1 is 1.30 bits per heavy atom. The standard InChI is InChI=1S/C15H16N4O/c1-10-3-4-12(7-11(10)2)5-6-17-14-8-13(9-16)18-15(20)19-14/h3-4,7-8H,5-6H2,1-2H3,(H2,17,18,19,20). The molecule has 1 aromatic carbocycles. The molecule has 102 valence electrons. The molecule has 0 saturated heterocycles. The van der Waals surface area contributed by atoms with E-state index in [2.05, 4.69) is 47.3 Å². The van der Waals surface area contributed by atoms with Gasteiger partial charge in [0.2, 0.25) is 0 Å². The molecular weight excluding hydrogens is 252 g/mol. The second-order valence-electron chi connectivity index (χ2n) is 4.69. The molecule has 0 spiro atoms. The van der Waals surface area contributed by atoms with Crippen LogP contribution in [0, 0.1) is 25.2 Å². The van der Waals surface area contributed by atoms with Crippen molar-refractivity contribution in [1.82, 2.24) is 9.97 Å². The third-order valence-electron chi connectivity index (χ3n) is 3.16. The van der Waals surface area contributed by atoms with Crippen LogP contribution in [0.4, 0.5) is 5.82 Å². The summed E-state index contributed by atoms with van der Waals surface area (Å²) in [5.74, 6) is 0.425. The molecule has 2 N–H and O–H groups in total. The number of aryl methyl sites for hydroxylation is 2. The van der Waals surface area contributed by atoms with Crippen LogP contribution < -0.4 is 11.0 Å². The highest BCUT2D eigenvalue weighted by Crippen LogP contribution is 2.10. The summed E-state index contributed by atoms with van der Waals surface area (Å²) in [6.07, 6.45) is 0.831. The molecule has 0 amide bonds. The Kier molecular flexibility index (Phi) is 4.16. The number of hydrogen-bond acceptors (Lipinski definition) is 4. The van der Waals surface area contributed by atoms with Crippen molar-refractivity contribution < 1.29 is 0 Å². The predicted molar refractivity (Wildman–Crippen MR) is 77.7 cm³/mol. The zero-order chi connectivity index (χ0) is 14.5. The number of H-pyrrole nitrogens is 1. The van der Waals surface area contributed by atoms with Crippen LogP contribution in [0.3, 0.4) is 0 Å². The van der Waals surface area contributed by atoms with Crippen molar-refractivity contribution >= 4 is 5.82 Å². The van der Waals surface area contributed by atoms with Crippen LogP contribution in [0.5, 0.6) is 0 Å². The summed E-state index contributed by atoms with van der Waals surface area (Å²) in [5.41, 5.74) is 3.46. The quantitative estimate of drug-likeness (QED) is 0.887. The van der Waals surface area contributed by atoms with Gasteiger partial charge in [-0.25, -0.2) is 4.79 Å². The number of benzene rings is 1. The first-order chi connectivity index (χ1) is 9.58. The lowest BCUT2D eigenvalue weighted by atomic mass is 10.0. The number of nitrogens with one attached hydrogen (secondary N) is 2. The van der Waals surface area contributed by atoms with Crippen LogP contribution in [0.25, 0.3) is 0 Å². The summed E-state index contributed by atoms with van der Waals surface area (Å²) in [4.78, 5) is 17.4. The van der Waals surface area contributed by atoms with E-state index in [1.807, 2.05) is 6.07 Å². The van der Waals surface area contributed by atoms with E-state index in [1.54, 1.807) is 0 Å². The second-order valence-corrected chi connectivity index (χ2v) is 4.69. The molecule has 0 aliphatic rings. The Balaban J connectivity index is 1.99. The van der Waals surface area contributed by atoms with Crippen molar-refractivity contribution in [3.63, 3.8) is 0 Å². The van der Waals surface area contributed by atoms with Crippen LogP contribution >= 0.6 is 0 Å². The maximum absolute atomic E-state index is 11.2. The molecule has 0 saturated carbocycles. The Hall–Kier alpha value is -2.61. The van der Waals surface area contributed by atoms with Gasteiger partial charge in [-0.05, 0) is 37.0 Å². The molecule has 0 bridgehead atoms. The molecule has 5 nitrogen and oxygen atoms in total. The molecule has 1 heterocycles. The first-order valence-corrected chi connectivity index (χ1v) is 6.40. The highest BCUT2D eigenvalue weighted by Gasteiger charge is 2.01. The van der Waals surface area contributed by atoms with E-state index in [4.69, 9.17) is 5.26 Å². The molecule has 2 rings (SSSR count). The van der Waals surface area contributed by atoms with Crippen LogP contribution in [0.1, 0.15) is 22.4 Å². The molecule has 5 heteroatoms. The first-order valence-electron chi connectivity index (χ1n) is 6.40. The summed E-state index contributed by atoms with van der Waals surface area (Å²) in [7, 11) is 0. The van der Waals surface area contributed by atoms with Gasteiger partial charge in [0, 0.05) is 12.6 Å². The molecular formula is C15H16N4O. The average Bonchev–Trinajstić information content (AvgIpc) is 2.42. The number of hydrogen-bond donors (Lipinski definition) is 2. The minimum Gasteiger partial charge on any atom is -0.369 e. The fourth-order valence-corrected chi connectivity index (χ4v) is 1.90. The van der Waals surface area contributed by atoms with E-state index < -0.39 is 5.69 Å². The lowest BCUT2D eigenvalue weighted by Crippen LogP contribution is -2.16. The summed E-state index contributed by atoms with van der Waals surface area (Å²) < 4.78 is 0. The lowest BCUT2D eigenvalue weighted by Gasteiger charge is -2.07. The number of aromatic nitrogens is 2. The number of rotatable bonds is 4. The minimum absolute atomic E-state index is 0.207. The fourth-order valence-electron chi connectivity index (χ4n) is 1.90. The Bertz CT molecular complexity index is 713. The van der Waals surface area contributed by atoms with Crippen molar-refractivity contribution in [2.45, 2.75) is 20.3 Å². The predicted octanol–water partition coefficient (Wildman–Crippen LogP) is 1.91. The molecule has 0 fully saturated rings. The van der Waals surface area contributed by atoms with Gasteiger partial charge in [-0.3, -0.25) is 4.98 Å².